The molecule has 142 valence electrons. The maximum absolute atomic E-state index is 13.1. The van der Waals surface area contributed by atoms with Crippen LogP contribution < -0.4 is 10.1 Å². The minimum atomic E-state index is -0.525. The number of ether oxygens (including phenoxy) is 1. The number of rotatable bonds is 6. The van der Waals surface area contributed by atoms with E-state index in [0.29, 0.717) is 5.76 Å². The van der Waals surface area contributed by atoms with Gasteiger partial charge in [0.15, 0.2) is 5.78 Å². The summed E-state index contributed by atoms with van der Waals surface area (Å²) >= 11 is 0. The molecule has 0 saturated heterocycles. The SMILES string of the molecule is COc1ccc(NC(C2=C(c3ccccc3)C(C)(C)C2=O)c2ccco2)cc1. The topological polar surface area (TPSA) is 51.5 Å². The Balaban J connectivity index is 1.80. The number of nitrogens with one attached hydrogen (secondary N) is 1. The van der Waals surface area contributed by atoms with Crippen LogP contribution in [0.5, 0.6) is 5.75 Å². The monoisotopic (exact) mass is 373 g/mol. The highest BCUT2D eigenvalue weighted by molar-refractivity contribution is 6.22. The molecular weight excluding hydrogens is 350 g/mol. The molecule has 1 atom stereocenters. The number of carbonyl (C=O) groups excluding carboxylic acids is 1. The van der Waals surface area contributed by atoms with E-state index < -0.39 is 5.41 Å². The van der Waals surface area contributed by atoms with E-state index in [1.54, 1.807) is 13.4 Å². The molecule has 2 aromatic carbocycles. The van der Waals surface area contributed by atoms with E-state index in [1.807, 2.05) is 68.4 Å². The van der Waals surface area contributed by atoms with Gasteiger partial charge in [-0.3, -0.25) is 4.79 Å². The Bertz CT molecular complexity index is 1000. The van der Waals surface area contributed by atoms with Crippen LogP contribution in [0.25, 0.3) is 5.57 Å². The lowest BCUT2D eigenvalue weighted by molar-refractivity contribution is -0.123. The van der Waals surface area contributed by atoms with Crippen molar-refractivity contribution in [2.45, 2.75) is 19.9 Å². The summed E-state index contributed by atoms with van der Waals surface area (Å²) in [7, 11) is 1.64. The average molecular weight is 373 g/mol. The molecule has 0 amide bonds. The zero-order valence-electron chi connectivity index (χ0n) is 16.2. The van der Waals surface area contributed by atoms with Gasteiger partial charge in [-0.2, -0.15) is 0 Å². The Hall–Kier alpha value is -3.27. The summed E-state index contributed by atoms with van der Waals surface area (Å²) in [5.74, 6) is 1.63. The fourth-order valence-electron chi connectivity index (χ4n) is 3.83. The second kappa shape index (κ2) is 7.04. The lowest BCUT2D eigenvalue weighted by Crippen LogP contribution is -2.42. The van der Waals surface area contributed by atoms with Crippen LogP contribution in [0.4, 0.5) is 5.69 Å². The molecule has 1 aromatic heterocycles. The summed E-state index contributed by atoms with van der Waals surface area (Å²) in [5.41, 5.74) is 3.24. The lowest BCUT2D eigenvalue weighted by Gasteiger charge is -2.42. The minimum Gasteiger partial charge on any atom is -0.497 e. The molecule has 4 heteroatoms. The molecule has 0 fully saturated rings. The van der Waals surface area contributed by atoms with Crippen LogP contribution in [0.15, 0.2) is 83.0 Å². The van der Waals surface area contributed by atoms with Crippen LogP contribution in [-0.4, -0.2) is 12.9 Å². The number of allylic oxidation sites excluding steroid dienone is 1. The largest absolute Gasteiger partial charge is 0.497 e. The zero-order valence-corrected chi connectivity index (χ0v) is 16.2. The molecule has 0 saturated carbocycles. The van der Waals surface area contributed by atoms with Crippen molar-refractivity contribution in [1.29, 1.82) is 0 Å². The Kier molecular flexibility index (Phi) is 4.55. The van der Waals surface area contributed by atoms with E-state index in [2.05, 4.69) is 17.4 Å². The quantitative estimate of drug-likeness (QED) is 0.619. The van der Waals surface area contributed by atoms with E-state index >= 15 is 0 Å². The molecule has 1 N–H and O–H groups in total. The smallest absolute Gasteiger partial charge is 0.171 e. The molecule has 4 nitrogen and oxygen atoms in total. The number of methoxy groups -OCH3 is 1. The first-order valence-electron chi connectivity index (χ1n) is 9.31. The number of carbonyl (C=O) groups is 1. The highest BCUT2D eigenvalue weighted by Crippen LogP contribution is 2.53. The number of ketones is 1. The van der Waals surface area contributed by atoms with E-state index in [-0.39, 0.29) is 11.8 Å². The maximum Gasteiger partial charge on any atom is 0.171 e. The van der Waals surface area contributed by atoms with Crippen molar-refractivity contribution >= 4 is 17.0 Å². The fraction of sp³-hybridized carbons (Fsp3) is 0.208. The zero-order chi connectivity index (χ0) is 19.7. The fourth-order valence-corrected chi connectivity index (χ4v) is 3.83. The van der Waals surface area contributed by atoms with Gasteiger partial charge in [-0.1, -0.05) is 30.3 Å². The molecule has 0 bridgehead atoms. The van der Waals surface area contributed by atoms with Gasteiger partial charge in [0.1, 0.15) is 17.6 Å². The Morgan fingerprint density at radius 1 is 0.964 bits per heavy atom. The third-order valence-electron chi connectivity index (χ3n) is 5.29. The molecule has 1 aliphatic rings. The van der Waals surface area contributed by atoms with Gasteiger partial charge in [-0.05, 0) is 61.4 Å². The van der Waals surface area contributed by atoms with E-state index in [1.165, 1.54) is 0 Å². The molecule has 0 aliphatic heterocycles. The second-order valence-corrected chi connectivity index (χ2v) is 7.43. The Morgan fingerprint density at radius 3 is 2.29 bits per heavy atom. The molecule has 1 heterocycles. The van der Waals surface area contributed by atoms with E-state index in [9.17, 15) is 4.79 Å². The predicted octanol–water partition coefficient (Wildman–Crippen LogP) is 5.50. The number of hydrogen-bond acceptors (Lipinski definition) is 4. The predicted molar refractivity (Wildman–Crippen MR) is 110 cm³/mol. The summed E-state index contributed by atoms with van der Waals surface area (Å²) in [5, 5.41) is 3.47. The van der Waals surface area contributed by atoms with Gasteiger partial charge < -0.3 is 14.5 Å². The standard InChI is InChI=1S/C24H23NO3/c1-24(2)21(16-8-5-4-6-9-16)20(23(24)26)22(19-10-7-15-28-19)25-17-11-13-18(27-3)14-12-17/h4-15,22,25H,1-3H3. The maximum atomic E-state index is 13.1. The molecule has 0 spiro atoms. The van der Waals surface area contributed by atoms with Gasteiger partial charge >= 0.3 is 0 Å². The van der Waals surface area contributed by atoms with Crippen LogP contribution in [0.2, 0.25) is 0 Å². The molecule has 0 radical (unpaired) electrons. The highest BCUT2D eigenvalue weighted by Gasteiger charge is 2.50. The highest BCUT2D eigenvalue weighted by atomic mass is 16.5. The van der Waals surface area contributed by atoms with Crippen LogP contribution in [-0.2, 0) is 4.79 Å². The van der Waals surface area contributed by atoms with E-state index in [0.717, 1.165) is 28.1 Å². The van der Waals surface area contributed by atoms with E-state index in [4.69, 9.17) is 9.15 Å². The van der Waals surface area contributed by atoms with Gasteiger partial charge in [0.05, 0.1) is 18.8 Å². The van der Waals surface area contributed by atoms with Gasteiger partial charge in [-0.25, -0.2) is 0 Å². The molecule has 1 aliphatic carbocycles. The molecule has 28 heavy (non-hydrogen) atoms. The Labute approximate surface area is 164 Å². The molecule has 4 rings (SSSR count). The second-order valence-electron chi connectivity index (χ2n) is 7.43. The van der Waals surface area contributed by atoms with Crippen molar-refractivity contribution in [3.05, 3.63) is 89.9 Å². The van der Waals surface area contributed by atoms with Crippen LogP contribution in [0.1, 0.15) is 31.2 Å². The van der Waals surface area contributed by atoms with Gasteiger partial charge in [0.2, 0.25) is 0 Å². The number of anilines is 1. The van der Waals surface area contributed by atoms with Crippen molar-refractivity contribution in [3.8, 4) is 5.75 Å². The first-order chi connectivity index (χ1) is 13.5. The van der Waals surface area contributed by atoms with Crippen molar-refractivity contribution in [3.63, 3.8) is 0 Å². The van der Waals surface area contributed by atoms with Gasteiger partial charge in [-0.15, -0.1) is 0 Å². The van der Waals surface area contributed by atoms with Gasteiger partial charge in [0, 0.05) is 11.3 Å². The molecule has 1 unspecified atom stereocenters. The summed E-state index contributed by atoms with van der Waals surface area (Å²) in [6.07, 6.45) is 1.63. The lowest BCUT2D eigenvalue weighted by atomic mass is 9.61. The normalized spacial score (nSPS) is 16.5. The molecule has 3 aromatic rings. The number of furan rings is 1. The number of benzene rings is 2. The van der Waals surface area contributed by atoms with Crippen LogP contribution >= 0.6 is 0 Å². The van der Waals surface area contributed by atoms with Crippen molar-refractivity contribution < 1.29 is 13.9 Å². The summed E-state index contributed by atoms with van der Waals surface area (Å²) in [6, 6.07) is 21.1. The Morgan fingerprint density at radius 2 is 1.68 bits per heavy atom. The minimum absolute atomic E-state index is 0.133. The summed E-state index contributed by atoms with van der Waals surface area (Å²) in [4.78, 5) is 13.1. The van der Waals surface area contributed by atoms with Crippen molar-refractivity contribution in [1.82, 2.24) is 0 Å². The number of Topliss-reactive ketones (excluding diaryl/α,β-unsaturated/α-hetero) is 1. The first-order valence-corrected chi connectivity index (χ1v) is 9.31. The average Bonchev–Trinajstić information content (AvgIpc) is 3.26. The van der Waals surface area contributed by atoms with Crippen LogP contribution in [0.3, 0.4) is 0 Å². The summed E-state index contributed by atoms with van der Waals surface area (Å²) in [6.45, 7) is 3.96. The van der Waals surface area contributed by atoms with Crippen molar-refractivity contribution in [2.24, 2.45) is 5.41 Å². The molecular formula is C24H23NO3. The van der Waals surface area contributed by atoms with Crippen LogP contribution in [0, 0.1) is 5.41 Å². The number of hydrogen-bond donors (Lipinski definition) is 1. The third kappa shape index (κ3) is 3.01. The third-order valence-corrected chi connectivity index (χ3v) is 5.29. The summed E-state index contributed by atoms with van der Waals surface area (Å²) < 4.78 is 10.9. The van der Waals surface area contributed by atoms with Crippen molar-refractivity contribution in [2.75, 3.05) is 12.4 Å². The first kappa shape index (κ1) is 18.1. The van der Waals surface area contributed by atoms with Gasteiger partial charge in [0.25, 0.3) is 0 Å².